The van der Waals surface area contributed by atoms with Crippen molar-refractivity contribution in [3.05, 3.63) is 53.6 Å². The Morgan fingerprint density at radius 3 is 2.95 bits per heavy atom. The van der Waals surface area contributed by atoms with Crippen LogP contribution in [0.5, 0.6) is 0 Å². The van der Waals surface area contributed by atoms with Crippen molar-refractivity contribution in [3.63, 3.8) is 0 Å². The molecule has 4 nitrogen and oxygen atoms in total. The van der Waals surface area contributed by atoms with E-state index in [-0.39, 0.29) is 11.7 Å². The van der Waals surface area contributed by atoms with Crippen LogP contribution in [0.15, 0.2) is 36.5 Å². The summed E-state index contributed by atoms with van der Waals surface area (Å²) in [5.74, 6) is 0.736. The molecule has 1 aromatic carbocycles. The van der Waals surface area contributed by atoms with Gasteiger partial charge in [0.25, 0.3) is 0 Å². The minimum Gasteiger partial charge on any atom is -0.356 e. The molecule has 1 aliphatic rings. The van der Waals surface area contributed by atoms with Crippen molar-refractivity contribution in [2.75, 3.05) is 6.54 Å². The molecular weight excluding hydrogens is 281 g/mol. The molecule has 1 fully saturated rings. The van der Waals surface area contributed by atoms with Crippen LogP contribution >= 0.6 is 0 Å². The van der Waals surface area contributed by atoms with Gasteiger partial charge in [0.1, 0.15) is 5.82 Å². The smallest absolute Gasteiger partial charge is 0.220 e. The number of carbonyl (C=O) groups excluding carboxylic acids is 1. The number of hydrogen-bond donors (Lipinski definition) is 1. The standard InChI is InChI=1S/C17H20FN3O/c1-21-16(8-9-20-21)14-10-13(14)11-19-17(22)7-6-12-4-2-3-5-15(12)18/h2-5,8-9,13-14H,6-7,10-11H2,1H3,(H,19,22)/t13-,14+/m0/s1. The first kappa shape index (κ1) is 14.8. The van der Waals surface area contributed by atoms with E-state index in [1.807, 2.05) is 17.8 Å². The summed E-state index contributed by atoms with van der Waals surface area (Å²) >= 11 is 0. The van der Waals surface area contributed by atoms with Gasteiger partial charge in [-0.1, -0.05) is 18.2 Å². The van der Waals surface area contributed by atoms with Gasteiger partial charge >= 0.3 is 0 Å². The number of nitrogens with one attached hydrogen (secondary N) is 1. The normalized spacial score (nSPS) is 19.9. The summed E-state index contributed by atoms with van der Waals surface area (Å²) in [4.78, 5) is 11.9. The number of nitrogens with zero attached hydrogens (tertiary/aromatic N) is 2. The van der Waals surface area contributed by atoms with E-state index >= 15 is 0 Å². The summed E-state index contributed by atoms with van der Waals surface area (Å²) in [6, 6.07) is 8.63. The van der Waals surface area contributed by atoms with Gasteiger partial charge in [-0.15, -0.1) is 0 Å². The molecule has 5 heteroatoms. The fraction of sp³-hybridized carbons (Fsp3) is 0.412. The number of benzene rings is 1. The zero-order valence-corrected chi connectivity index (χ0v) is 12.6. The van der Waals surface area contributed by atoms with E-state index in [0.29, 0.717) is 36.8 Å². The monoisotopic (exact) mass is 301 g/mol. The van der Waals surface area contributed by atoms with Crippen LogP contribution in [-0.2, 0) is 18.3 Å². The average Bonchev–Trinajstić information content (AvgIpc) is 3.16. The summed E-state index contributed by atoms with van der Waals surface area (Å²) in [5, 5.41) is 7.13. The molecule has 22 heavy (non-hydrogen) atoms. The van der Waals surface area contributed by atoms with Gasteiger partial charge in [0.15, 0.2) is 0 Å². The number of aryl methyl sites for hydroxylation is 2. The first-order chi connectivity index (χ1) is 10.6. The second kappa shape index (κ2) is 6.30. The topological polar surface area (TPSA) is 46.9 Å². The maximum absolute atomic E-state index is 13.5. The highest BCUT2D eigenvalue weighted by molar-refractivity contribution is 5.76. The Bertz CT molecular complexity index is 667. The van der Waals surface area contributed by atoms with E-state index in [4.69, 9.17) is 0 Å². The number of aromatic nitrogens is 2. The molecule has 1 N–H and O–H groups in total. The van der Waals surface area contributed by atoms with E-state index in [0.717, 1.165) is 6.42 Å². The molecule has 1 aliphatic carbocycles. The van der Waals surface area contributed by atoms with Crippen molar-refractivity contribution < 1.29 is 9.18 Å². The van der Waals surface area contributed by atoms with Crippen LogP contribution in [0.25, 0.3) is 0 Å². The van der Waals surface area contributed by atoms with Gasteiger partial charge in [0.05, 0.1) is 0 Å². The molecule has 1 amide bonds. The Kier molecular flexibility index (Phi) is 4.22. The Morgan fingerprint density at radius 1 is 1.41 bits per heavy atom. The zero-order valence-electron chi connectivity index (χ0n) is 12.6. The van der Waals surface area contributed by atoms with Crippen LogP contribution in [0.2, 0.25) is 0 Å². The van der Waals surface area contributed by atoms with Crippen LogP contribution < -0.4 is 5.32 Å². The number of rotatable bonds is 6. The van der Waals surface area contributed by atoms with E-state index in [9.17, 15) is 9.18 Å². The van der Waals surface area contributed by atoms with Crippen LogP contribution in [-0.4, -0.2) is 22.2 Å². The lowest BCUT2D eigenvalue weighted by molar-refractivity contribution is -0.121. The minimum absolute atomic E-state index is 0.0149. The number of halogens is 1. The molecule has 0 bridgehead atoms. The second-order valence-corrected chi connectivity index (χ2v) is 5.88. The zero-order chi connectivity index (χ0) is 15.5. The predicted molar refractivity (Wildman–Crippen MR) is 81.8 cm³/mol. The highest BCUT2D eigenvalue weighted by Gasteiger charge is 2.39. The van der Waals surface area contributed by atoms with Crippen molar-refractivity contribution in [1.82, 2.24) is 15.1 Å². The summed E-state index contributed by atoms with van der Waals surface area (Å²) in [6.45, 7) is 0.686. The first-order valence-corrected chi connectivity index (χ1v) is 7.63. The Hall–Kier alpha value is -2.17. The fourth-order valence-electron chi connectivity index (χ4n) is 2.87. The lowest BCUT2D eigenvalue weighted by atomic mass is 10.1. The van der Waals surface area contributed by atoms with Crippen LogP contribution in [0.3, 0.4) is 0 Å². The SMILES string of the molecule is Cn1nccc1[C@@H]1C[C@H]1CNC(=O)CCc1ccccc1F. The highest BCUT2D eigenvalue weighted by atomic mass is 19.1. The van der Waals surface area contributed by atoms with Gasteiger partial charge in [0, 0.05) is 37.8 Å². The van der Waals surface area contributed by atoms with Gasteiger partial charge in [-0.3, -0.25) is 9.48 Å². The third kappa shape index (κ3) is 3.35. The molecular formula is C17H20FN3O. The Labute approximate surface area is 129 Å². The maximum atomic E-state index is 13.5. The van der Waals surface area contributed by atoms with E-state index in [2.05, 4.69) is 10.4 Å². The van der Waals surface area contributed by atoms with Gasteiger partial charge in [-0.05, 0) is 36.5 Å². The Morgan fingerprint density at radius 2 is 2.23 bits per heavy atom. The van der Waals surface area contributed by atoms with Crippen molar-refractivity contribution in [1.29, 1.82) is 0 Å². The molecule has 0 aliphatic heterocycles. The van der Waals surface area contributed by atoms with Crippen molar-refractivity contribution >= 4 is 5.91 Å². The van der Waals surface area contributed by atoms with Crippen LogP contribution in [0.4, 0.5) is 4.39 Å². The molecule has 0 spiro atoms. The molecule has 0 unspecified atom stereocenters. The van der Waals surface area contributed by atoms with Crippen molar-refractivity contribution in [3.8, 4) is 0 Å². The third-order valence-corrected chi connectivity index (χ3v) is 4.30. The number of carbonyl (C=O) groups is 1. The average molecular weight is 301 g/mol. The largest absolute Gasteiger partial charge is 0.356 e. The summed E-state index contributed by atoms with van der Waals surface area (Å²) in [7, 11) is 1.94. The number of hydrogen-bond acceptors (Lipinski definition) is 2. The summed E-state index contributed by atoms with van der Waals surface area (Å²) in [6.07, 6.45) is 3.66. The molecule has 2 aromatic rings. The van der Waals surface area contributed by atoms with Crippen LogP contribution in [0, 0.1) is 11.7 Å². The van der Waals surface area contributed by atoms with Gasteiger partial charge in [-0.2, -0.15) is 5.10 Å². The predicted octanol–water partition coefficient (Wildman–Crippen LogP) is 2.41. The first-order valence-electron chi connectivity index (χ1n) is 7.63. The summed E-state index contributed by atoms with van der Waals surface area (Å²) < 4.78 is 15.4. The number of amides is 1. The van der Waals surface area contributed by atoms with E-state index < -0.39 is 0 Å². The molecule has 1 aromatic heterocycles. The molecule has 0 radical (unpaired) electrons. The third-order valence-electron chi connectivity index (χ3n) is 4.30. The molecule has 2 atom stereocenters. The van der Waals surface area contributed by atoms with Gasteiger partial charge in [-0.25, -0.2) is 4.39 Å². The van der Waals surface area contributed by atoms with Crippen LogP contribution in [0.1, 0.15) is 30.0 Å². The lowest BCUT2D eigenvalue weighted by Gasteiger charge is -2.06. The maximum Gasteiger partial charge on any atom is 0.220 e. The molecule has 1 saturated carbocycles. The summed E-state index contributed by atoms with van der Waals surface area (Å²) in [5.41, 5.74) is 1.82. The van der Waals surface area contributed by atoms with E-state index in [1.54, 1.807) is 24.4 Å². The highest BCUT2D eigenvalue weighted by Crippen LogP contribution is 2.46. The van der Waals surface area contributed by atoms with Crippen molar-refractivity contribution in [2.24, 2.45) is 13.0 Å². The lowest BCUT2D eigenvalue weighted by Crippen LogP contribution is -2.26. The Balaban J connectivity index is 1.41. The minimum atomic E-state index is -0.242. The molecule has 116 valence electrons. The fourth-order valence-corrected chi connectivity index (χ4v) is 2.87. The second-order valence-electron chi connectivity index (χ2n) is 5.88. The molecule has 1 heterocycles. The quantitative estimate of drug-likeness (QED) is 0.890. The van der Waals surface area contributed by atoms with Gasteiger partial charge in [0.2, 0.25) is 5.91 Å². The van der Waals surface area contributed by atoms with E-state index in [1.165, 1.54) is 11.8 Å². The van der Waals surface area contributed by atoms with Crippen molar-refractivity contribution in [2.45, 2.75) is 25.2 Å². The molecule has 3 rings (SSSR count). The van der Waals surface area contributed by atoms with Gasteiger partial charge < -0.3 is 5.32 Å². The molecule has 0 saturated heterocycles.